The standard InChI is InChI=1S/C6H12OS2/c1-5(2)3-4-9-6(7)8/h5H,3-4H2,1-2H3,(H,7,8). The Kier molecular flexibility index (Phi) is 5.39. The maximum Gasteiger partial charge on any atom is 0.243 e. The van der Waals surface area contributed by atoms with E-state index >= 15 is 0 Å². The van der Waals surface area contributed by atoms with Crippen LogP contribution in [0.4, 0.5) is 4.79 Å². The van der Waals surface area contributed by atoms with Crippen molar-refractivity contribution in [2.24, 2.45) is 5.92 Å². The van der Waals surface area contributed by atoms with Crippen molar-refractivity contribution in [3.63, 3.8) is 0 Å². The van der Waals surface area contributed by atoms with E-state index in [1.165, 1.54) is 11.8 Å². The van der Waals surface area contributed by atoms with E-state index in [1.54, 1.807) is 0 Å². The number of carbonyl (C=O) groups excluding carboxylic acids is 1. The van der Waals surface area contributed by atoms with E-state index < -0.39 is 0 Å². The van der Waals surface area contributed by atoms with E-state index in [1.807, 2.05) is 0 Å². The molecule has 0 spiro atoms. The molecule has 0 aliphatic rings. The van der Waals surface area contributed by atoms with Gasteiger partial charge in [0, 0.05) is 5.75 Å². The normalized spacial score (nSPS) is 10.2. The SMILES string of the molecule is CC(C)CCSC(=O)S. The van der Waals surface area contributed by atoms with Crippen LogP contribution in [0.1, 0.15) is 20.3 Å². The summed E-state index contributed by atoms with van der Waals surface area (Å²) in [7, 11) is 0. The molecule has 0 aliphatic heterocycles. The quantitative estimate of drug-likeness (QED) is 0.646. The van der Waals surface area contributed by atoms with Gasteiger partial charge in [-0.25, -0.2) is 0 Å². The monoisotopic (exact) mass is 164 g/mol. The lowest BCUT2D eigenvalue weighted by Crippen LogP contribution is -1.90. The Morgan fingerprint density at radius 2 is 2.22 bits per heavy atom. The minimum absolute atomic E-state index is 0.0735. The van der Waals surface area contributed by atoms with Crippen LogP contribution in [0.15, 0.2) is 0 Å². The molecule has 3 heteroatoms. The van der Waals surface area contributed by atoms with Crippen LogP contribution in [0.3, 0.4) is 0 Å². The average molecular weight is 164 g/mol. The smallest absolute Gasteiger partial charge is 0.243 e. The summed E-state index contributed by atoms with van der Waals surface area (Å²) in [5.41, 5.74) is 0. The van der Waals surface area contributed by atoms with Crippen LogP contribution in [0.25, 0.3) is 0 Å². The van der Waals surface area contributed by atoms with Crippen LogP contribution in [0, 0.1) is 5.92 Å². The second-order valence-corrected chi connectivity index (χ2v) is 4.07. The third kappa shape index (κ3) is 8.37. The lowest BCUT2D eigenvalue weighted by atomic mass is 10.2. The van der Waals surface area contributed by atoms with Crippen LogP contribution in [-0.4, -0.2) is 10.2 Å². The zero-order chi connectivity index (χ0) is 7.28. The van der Waals surface area contributed by atoms with Crippen molar-refractivity contribution >= 4 is 28.8 Å². The highest BCUT2D eigenvalue weighted by Crippen LogP contribution is 2.11. The predicted octanol–water partition coefficient (Wildman–Crippen LogP) is 2.82. The maximum absolute atomic E-state index is 10.3. The maximum atomic E-state index is 10.3. The van der Waals surface area contributed by atoms with Crippen molar-refractivity contribution in [2.45, 2.75) is 20.3 Å². The van der Waals surface area contributed by atoms with E-state index in [2.05, 4.69) is 26.5 Å². The van der Waals surface area contributed by atoms with Crippen molar-refractivity contribution in [3.05, 3.63) is 0 Å². The van der Waals surface area contributed by atoms with Crippen molar-refractivity contribution in [2.75, 3.05) is 5.75 Å². The van der Waals surface area contributed by atoms with Gasteiger partial charge in [-0.05, 0) is 12.3 Å². The van der Waals surface area contributed by atoms with Gasteiger partial charge in [0.15, 0.2) is 0 Å². The Morgan fingerprint density at radius 1 is 1.67 bits per heavy atom. The number of thioether (sulfide) groups is 1. The fraction of sp³-hybridized carbons (Fsp3) is 0.833. The van der Waals surface area contributed by atoms with Crippen molar-refractivity contribution in [1.82, 2.24) is 0 Å². The summed E-state index contributed by atoms with van der Waals surface area (Å²) in [6.07, 6.45) is 1.09. The summed E-state index contributed by atoms with van der Waals surface area (Å²) in [6.45, 7) is 4.28. The Labute approximate surface area is 66.0 Å². The van der Waals surface area contributed by atoms with Crippen LogP contribution < -0.4 is 0 Å². The van der Waals surface area contributed by atoms with E-state index in [0.717, 1.165) is 12.2 Å². The summed E-state index contributed by atoms with van der Waals surface area (Å²) in [5, 5.41) is 0. The van der Waals surface area contributed by atoms with E-state index in [0.29, 0.717) is 5.92 Å². The van der Waals surface area contributed by atoms with Crippen LogP contribution >= 0.6 is 24.4 Å². The molecule has 0 amide bonds. The zero-order valence-corrected chi connectivity index (χ0v) is 7.47. The summed E-state index contributed by atoms with van der Waals surface area (Å²) < 4.78 is -0.0735. The molecule has 0 N–H and O–H groups in total. The summed E-state index contributed by atoms with van der Waals surface area (Å²) >= 11 is 4.91. The minimum Gasteiger partial charge on any atom is -0.275 e. The van der Waals surface area contributed by atoms with E-state index in [9.17, 15) is 4.79 Å². The first-order chi connectivity index (χ1) is 4.13. The molecule has 0 heterocycles. The molecular formula is C6H12OS2. The van der Waals surface area contributed by atoms with Gasteiger partial charge in [0.1, 0.15) is 0 Å². The van der Waals surface area contributed by atoms with Gasteiger partial charge in [0.05, 0.1) is 0 Å². The highest BCUT2D eigenvalue weighted by molar-refractivity contribution is 8.32. The summed E-state index contributed by atoms with van der Waals surface area (Å²) in [4.78, 5) is 10.3. The molecular weight excluding hydrogens is 152 g/mol. The second-order valence-electron chi connectivity index (χ2n) is 2.30. The largest absolute Gasteiger partial charge is 0.275 e. The molecule has 0 fully saturated rings. The van der Waals surface area contributed by atoms with Crippen LogP contribution in [0.2, 0.25) is 0 Å². The Bertz CT molecular complexity index is 91.1. The third-order valence-corrected chi connectivity index (χ3v) is 1.99. The number of thiol groups is 1. The predicted molar refractivity (Wildman–Crippen MR) is 46.3 cm³/mol. The molecule has 0 aromatic heterocycles. The highest BCUT2D eigenvalue weighted by Gasteiger charge is 1.96. The van der Waals surface area contributed by atoms with Gasteiger partial charge in [-0.15, -0.1) is 0 Å². The summed E-state index contributed by atoms with van der Waals surface area (Å²) in [5.74, 6) is 1.59. The van der Waals surface area contributed by atoms with Crippen LogP contribution in [-0.2, 0) is 0 Å². The molecule has 9 heavy (non-hydrogen) atoms. The average Bonchev–Trinajstić information content (AvgIpc) is 1.63. The fourth-order valence-electron chi connectivity index (χ4n) is 0.382. The number of hydrogen-bond acceptors (Lipinski definition) is 2. The van der Waals surface area contributed by atoms with Crippen molar-refractivity contribution < 1.29 is 4.79 Å². The molecule has 0 aromatic rings. The topological polar surface area (TPSA) is 17.1 Å². The first-order valence-electron chi connectivity index (χ1n) is 2.98. The lowest BCUT2D eigenvalue weighted by molar-refractivity contribution is 0.277. The van der Waals surface area contributed by atoms with Gasteiger partial charge in [0.2, 0.25) is 4.45 Å². The van der Waals surface area contributed by atoms with Crippen LogP contribution in [0.5, 0.6) is 0 Å². The minimum atomic E-state index is -0.0735. The molecule has 0 unspecified atom stereocenters. The van der Waals surface area contributed by atoms with Crippen molar-refractivity contribution in [1.29, 1.82) is 0 Å². The Balaban J connectivity index is 3.01. The van der Waals surface area contributed by atoms with Gasteiger partial charge in [-0.3, -0.25) is 4.79 Å². The van der Waals surface area contributed by atoms with E-state index in [4.69, 9.17) is 0 Å². The number of rotatable bonds is 3. The van der Waals surface area contributed by atoms with Gasteiger partial charge in [-0.1, -0.05) is 38.2 Å². The zero-order valence-electron chi connectivity index (χ0n) is 5.76. The molecule has 1 nitrogen and oxygen atoms in total. The fourth-order valence-corrected chi connectivity index (χ4v) is 1.42. The molecule has 0 aromatic carbocycles. The first kappa shape index (κ1) is 9.37. The Morgan fingerprint density at radius 3 is 2.56 bits per heavy atom. The Hall–Kier alpha value is 0.370. The molecule has 0 bridgehead atoms. The first-order valence-corrected chi connectivity index (χ1v) is 4.42. The number of carbonyl (C=O) groups is 1. The van der Waals surface area contributed by atoms with Gasteiger partial charge in [0.25, 0.3) is 0 Å². The van der Waals surface area contributed by atoms with Gasteiger partial charge in [-0.2, -0.15) is 0 Å². The number of hydrogen-bond donors (Lipinski definition) is 1. The molecule has 0 aliphatic carbocycles. The van der Waals surface area contributed by atoms with Gasteiger partial charge >= 0.3 is 0 Å². The molecule has 0 saturated carbocycles. The second kappa shape index (κ2) is 5.18. The summed E-state index contributed by atoms with van der Waals surface area (Å²) in [6, 6.07) is 0. The molecule has 0 rings (SSSR count). The highest BCUT2D eigenvalue weighted by atomic mass is 32.2. The van der Waals surface area contributed by atoms with E-state index in [-0.39, 0.29) is 4.45 Å². The lowest BCUT2D eigenvalue weighted by Gasteiger charge is -1.99. The molecule has 0 saturated heterocycles. The van der Waals surface area contributed by atoms with Gasteiger partial charge < -0.3 is 0 Å². The molecule has 0 radical (unpaired) electrons. The third-order valence-electron chi connectivity index (χ3n) is 0.921. The van der Waals surface area contributed by atoms with Crippen molar-refractivity contribution in [3.8, 4) is 0 Å². The molecule has 0 atom stereocenters. The molecule has 54 valence electrons.